The van der Waals surface area contributed by atoms with Gasteiger partial charge in [0, 0.05) is 6.20 Å². The molecule has 3 aromatic heterocycles. The molecule has 6 nitrogen and oxygen atoms in total. The Morgan fingerprint density at radius 2 is 2.19 bits per heavy atom. The number of aliphatic hydroxyl groups excluding tert-OH is 1. The summed E-state index contributed by atoms with van der Waals surface area (Å²) in [7, 11) is 0. The first kappa shape index (κ1) is 14.0. The molecular weight excluding hydrogens is 290 g/mol. The topological polar surface area (TPSA) is 68.2 Å². The summed E-state index contributed by atoms with van der Waals surface area (Å²) in [6.07, 6.45) is 3.51. The number of aromatic nitrogens is 5. The van der Waals surface area contributed by atoms with Crippen molar-refractivity contribution in [3.05, 3.63) is 35.4 Å². The summed E-state index contributed by atoms with van der Waals surface area (Å²) in [5, 5.41) is 14.7. The number of halogens is 1. The number of hydrogen-bond acceptors (Lipinski definition) is 4. The predicted octanol–water partition coefficient (Wildman–Crippen LogP) is 2.33. The molecule has 3 heterocycles. The number of imidazole rings is 1. The van der Waals surface area contributed by atoms with Crippen molar-refractivity contribution in [1.29, 1.82) is 0 Å². The first-order valence-corrected chi connectivity index (χ1v) is 7.18. The van der Waals surface area contributed by atoms with Crippen LogP contribution in [0, 0.1) is 6.92 Å². The summed E-state index contributed by atoms with van der Waals surface area (Å²) in [6, 6.07) is 3.67. The average Bonchev–Trinajstić information content (AvgIpc) is 3.01. The van der Waals surface area contributed by atoms with Crippen LogP contribution in [0.2, 0.25) is 5.02 Å². The molecule has 0 bridgehead atoms. The van der Waals surface area contributed by atoms with Crippen LogP contribution in [0.25, 0.3) is 17.2 Å². The lowest BCUT2D eigenvalue weighted by atomic mass is 10.2. The Morgan fingerprint density at radius 1 is 1.38 bits per heavy atom. The van der Waals surface area contributed by atoms with E-state index >= 15 is 0 Å². The molecule has 0 saturated carbocycles. The van der Waals surface area contributed by atoms with Gasteiger partial charge in [0.1, 0.15) is 17.7 Å². The zero-order chi connectivity index (χ0) is 15.0. The highest BCUT2D eigenvalue weighted by Gasteiger charge is 2.18. The third-order valence-corrected chi connectivity index (χ3v) is 3.66. The lowest BCUT2D eigenvalue weighted by Crippen LogP contribution is -2.17. The van der Waals surface area contributed by atoms with Gasteiger partial charge in [-0.1, -0.05) is 18.5 Å². The Morgan fingerprint density at radius 3 is 2.95 bits per heavy atom. The fraction of sp³-hybridized carbons (Fsp3) is 0.357. The zero-order valence-corrected chi connectivity index (χ0v) is 12.6. The van der Waals surface area contributed by atoms with Gasteiger partial charge in [-0.15, -0.1) is 0 Å². The van der Waals surface area contributed by atoms with E-state index in [1.165, 1.54) is 6.33 Å². The average molecular weight is 306 g/mol. The molecule has 0 aliphatic heterocycles. The van der Waals surface area contributed by atoms with Gasteiger partial charge in [0.25, 0.3) is 0 Å². The fourth-order valence-electron chi connectivity index (χ4n) is 2.32. The fourth-order valence-corrected chi connectivity index (χ4v) is 2.48. The molecular formula is C14H16ClN5O. The van der Waals surface area contributed by atoms with Gasteiger partial charge in [0.2, 0.25) is 0 Å². The molecule has 1 N–H and O–H groups in total. The minimum absolute atomic E-state index is 0.402. The number of fused-ring (bicyclic) bond motifs is 1. The summed E-state index contributed by atoms with van der Waals surface area (Å²) < 4.78 is 3.60. The summed E-state index contributed by atoms with van der Waals surface area (Å²) in [4.78, 5) is 8.83. The summed E-state index contributed by atoms with van der Waals surface area (Å²) >= 11 is 6.08. The normalized spacial score (nSPS) is 13.0. The van der Waals surface area contributed by atoms with Crippen molar-refractivity contribution < 1.29 is 5.11 Å². The second-order valence-electron chi connectivity index (χ2n) is 4.95. The van der Waals surface area contributed by atoms with Gasteiger partial charge >= 0.3 is 0 Å². The molecule has 3 aromatic rings. The van der Waals surface area contributed by atoms with Crippen LogP contribution in [0.3, 0.4) is 0 Å². The first-order chi connectivity index (χ1) is 10.1. The minimum Gasteiger partial charge on any atom is -0.391 e. The number of hydrogen-bond donors (Lipinski definition) is 1. The Balaban J connectivity index is 2.15. The molecule has 0 spiro atoms. The second-order valence-corrected chi connectivity index (χ2v) is 5.39. The Kier molecular flexibility index (Phi) is 3.65. The number of rotatable bonds is 4. The van der Waals surface area contributed by atoms with Gasteiger partial charge in [0.15, 0.2) is 5.82 Å². The predicted molar refractivity (Wildman–Crippen MR) is 80.3 cm³/mol. The Hall–Kier alpha value is -1.92. The molecule has 21 heavy (non-hydrogen) atoms. The highest BCUT2D eigenvalue weighted by atomic mass is 35.5. The molecule has 0 amide bonds. The van der Waals surface area contributed by atoms with Crippen LogP contribution in [-0.2, 0) is 6.54 Å². The minimum atomic E-state index is -0.450. The van der Waals surface area contributed by atoms with E-state index < -0.39 is 6.10 Å². The lowest BCUT2D eigenvalue weighted by Gasteiger charge is -2.10. The largest absolute Gasteiger partial charge is 0.391 e. The van der Waals surface area contributed by atoms with Crippen molar-refractivity contribution in [3.8, 4) is 11.5 Å². The number of pyridine rings is 1. The van der Waals surface area contributed by atoms with Crippen molar-refractivity contribution in [2.75, 3.05) is 0 Å². The van der Waals surface area contributed by atoms with Crippen molar-refractivity contribution >= 4 is 17.2 Å². The van der Waals surface area contributed by atoms with Gasteiger partial charge in [-0.25, -0.2) is 14.6 Å². The van der Waals surface area contributed by atoms with E-state index in [1.54, 1.807) is 10.7 Å². The molecule has 0 aliphatic rings. The van der Waals surface area contributed by atoms with E-state index in [4.69, 9.17) is 11.6 Å². The molecule has 7 heteroatoms. The third kappa shape index (κ3) is 2.52. The van der Waals surface area contributed by atoms with Gasteiger partial charge in [-0.05, 0) is 25.5 Å². The lowest BCUT2D eigenvalue weighted by molar-refractivity contribution is 0.145. The van der Waals surface area contributed by atoms with E-state index in [2.05, 4.69) is 15.1 Å². The molecule has 3 rings (SSSR count). The highest BCUT2D eigenvalue weighted by molar-refractivity contribution is 6.30. The maximum absolute atomic E-state index is 9.85. The Labute approximate surface area is 127 Å². The van der Waals surface area contributed by atoms with Gasteiger partial charge in [0.05, 0.1) is 23.4 Å². The van der Waals surface area contributed by atoms with E-state index in [1.807, 2.05) is 30.5 Å². The van der Waals surface area contributed by atoms with Crippen LogP contribution in [0.4, 0.5) is 0 Å². The second kappa shape index (κ2) is 5.46. The quantitative estimate of drug-likeness (QED) is 0.803. The molecule has 0 fully saturated rings. The van der Waals surface area contributed by atoms with E-state index in [9.17, 15) is 5.11 Å². The van der Waals surface area contributed by atoms with E-state index in [-0.39, 0.29) is 0 Å². The maximum Gasteiger partial charge on any atom is 0.177 e. The molecule has 0 aliphatic carbocycles. The SMILES string of the molecule is CCC(O)Cn1ncnc1-c1c(C)nc2ccc(Cl)cn12. The summed E-state index contributed by atoms with van der Waals surface area (Å²) in [6.45, 7) is 4.26. The number of aliphatic hydroxyl groups is 1. The Bertz CT molecular complexity index is 779. The van der Waals surface area contributed by atoms with Crippen LogP contribution in [0.1, 0.15) is 19.0 Å². The third-order valence-electron chi connectivity index (χ3n) is 3.44. The summed E-state index contributed by atoms with van der Waals surface area (Å²) in [5.41, 5.74) is 2.49. The molecule has 1 atom stereocenters. The molecule has 0 saturated heterocycles. The number of nitrogens with zero attached hydrogens (tertiary/aromatic N) is 5. The van der Waals surface area contributed by atoms with Gasteiger partial charge < -0.3 is 5.11 Å². The van der Waals surface area contributed by atoms with Gasteiger partial charge in [-0.3, -0.25) is 4.40 Å². The first-order valence-electron chi connectivity index (χ1n) is 6.80. The number of aryl methyl sites for hydroxylation is 1. The van der Waals surface area contributed by atoms with Crippen molar-refractivity contribution in [2.24, 2.45) is 0 Å². The standard InChI is InChI=1S/C14H16ClN5O/c1-3-11(21)7-20-14(16-8-17-20)13-9(2)18-12-5-4-10(15)6-19(12)13/h4-6,8,11,21H,3,7H2,1-2H3. The van der Waals surface area contributed by atoms with E-state index in [0.717, 1.165) is 17.0 Å². The van der Waals surface area contributed by atoms with Crippen molar-refractivity contribution in [2.45, 2.75) is 32.9 Å². The van der Waals surface area contributed by atoms with Crippen LogP contribution in [-0.4, -0.2) is 35.4 Å². The van der Waals surface area contributed by atoms with Crippen LogP contribution < -0.4 is 0 Å². The molecule has 0 aromatic carbocycles. The summed E-state index contributed by atoms with van der Waals surface area (Å²) in [5.74, 6) is 0.676. The van der Waals surface area contributed by atoms with E-state index in [0.29, 0.717) is 23.8 Å². The van der Waals surface area contributed by atoms with Crippen LogP contribution >= 0.6 is 11.6 Å². The van der Waals surface area contributed by atoms with Crippen molar-refractivity contribution in [1.82, 2.24) is 24.1 Å². The van der Waals surface area contributed by atoms with Crippen LogP contribution in [0.5, 0.6) is 0 Å². The van der Waals surface area contributed by atoms with Gasteiger partial charge in [-0.2, -0.15) is 5.10 Å². The zero-order valence-electron chi connectivity index (χ0n) is 11.9. The van der Waals surface area contributed by atoms with Crippen LogP contribution in [0.15, 0.2) is 24.7 Å². The smallest absolute Gasteiger partial charge is 0.177 e. The van der Waals surface area contributed by atoms with Crippen molar-refractivity contribution in [3.63, 3.8) is 0 Å². The molecule has 1 unspecified atom stereocenters. The molecule has 110 valence electrons. The highest BCUT2D eigenvalue weighted by Crippen LogP contribution is 2.24. The maximum atomic E-state index is 9.85. The monoisotopic (exact) mass is 305 g/mol. The molecule has 0 radical (unpaired) electrons.